The van der Waals surface area contributed by atoms with Gasteiger partial charge in [0.15, 0.2) is 17.4 Å². The molecule has 0 saturated carbocycles. The van der Waals surface area contributed by atoms with E-state index in [2.05, 4.69) is 25.8 Å². The van der Waals surface area contributed by atoms with Crippen molar-refractivity contribution in [2.75, 3.05) is 6.54 Å². The Balaban J connectivity index is 0.00000324. The van der Waals surface area contributed by atoms with Crippen molar-refractivity contribution in [2.45, 2.75) is 26.6 Å². The molecule has 0 bridgehead atoms. The van der Waals surface area contributed by atoms with Gasteiger partial charge in [0.1, 0.15) is 6.61 Å². The van der Waals surface area contributed by atoms with Crippen molar-refractivity contribution in [3.8, 4) is 0 Å². The van der Waals surface area contributed by atoms with Crippen LogP contribution in [0.1, 0.15) is 34.2 Å². The van der Waals surface area contributed by atoms with Crippen LogP contribution in [-0.2, 0) is 24.4 Å². The number of carbonyl (C=O) groups excluding carboxylic acids is 1. The molecule has 0 aliphatic rings. The molecule has 0 aliphatic carbocycles. The molecule has 0 saturated heterocycles. The van der Waals surface area contributed by atoms with E-state index in [9.17, 15) is 4.79 Å². The predicted molar refractivity (Wildman–Crippen MR) is 142 cm³/mol. The topological polar surface area (TPSA) is 92.9 Å². The number of fused-ring (bicyclic) bond motifs is 1. The van der Waals surface area contributed by atoms with Crippen molar-refractivity contribution in [2.24, 2.45) is 4.99 Å². The average Bonchev–Trinajstić information content (AvgIpc) is 3.28. The normalized spacial score (nSPS) is 11.0. The molecule has 0 spiro atoms. The van der Waals surface area contributed by atoms with Crippen molar-refractivity contribution < 1.29 is 9.53 Å². The van der Waals surface area contributed by atoms with Crippen LogP contribution in [-0.4, -0.2) is 33.1 Å². The number of nitrogens with zero attached hydrogens (tertiary/aromatic N) is 4. The van der Waals surface area contributed by atoms with Gasteiger partial charge in [-0.25, -0.2) is 9.79 Å². The van der Waals surface area contributed by atoms with Gasteiger partial charge in [-0.05, 0) is 42.3 Å². The number of ether oxygens (including phenoxy) is 1. The van der Waals surface area contributed by atoms with E-state index in [1.165, 1.54) is 0 Å². The molecule has 34 heavy (non-hydrogen) atoms. The van der Waals surface area contributed by atoms with Gasteiger partial charge in [0.05, 0.1) is 18.7 Å². The summed E-state index contributed by atoms with van der Waals surface area (Å²) in [6.07, 6.45) is 1.93. The number of carbonyl (C=O) groups is 1. The highest BCUT2D eigenvalue weighted by molar-refractivity contribution is 14.0. The van der Waals surface area contributed by atoms with Crippen LogP contribution in [0.3, 0.4) is 0 Å². The Labute approximate surface area is 215 Å². The third-order valence-electron chi connectivity index (χ3n) is 4.94. The molecule has 176 valence electrons. The van der Waals surface area contributed by atoms with Crippen LogP contribution >= 0.6 is 24.0 Å². The van der Waals surface area contributed by atoms with Crippen molar-refractivity contribution in [3.05, 3.63) is 102 Å². The molecule has 2 heterocycles. The van der Waals surface area contributed by atoms with E-state index in [-0.39, 0.29) is 36.6 Å². The molecular formula is C25H27IN6O2. The zero-order valence-corrected chi connectivity index (χ0v) is 21.2. The van der Waals surface area contributed by atoms with Gasteiger partial charge in [-0.15, -0.1) is 34.2 Å². The maximum atomic E-state index is 12.5. The first kappa shape index (κ1) is 25.2. The Hall–Kier alpha value is -3.47. The summed E-state index contributed by atoms with van der Waals surface area (Å²) in [7, 11) is 0. The van der Waals surface area contributed by atoms with E-state index in [0.29, 0.717) is 24.6 Å². The summed E-state index contributed by atoms with van der Waals surface area (Å²) in [5.41, 5.74) is 3.17. The highest BCUT2D eigenvalue weighted by Crippen LogP contribution is 2.10. The fourth-order valence-electron chi connectivity index (χ4n) is 3.29. The molecule has 0 aliphatic heterocycles. The Morgan fingerprint density at radius 3 is 2.59 bits per heavy atom. The van der Waals surface area contributed by atoms with Gasteiger partial charge >= 0.3 is 5.97 Å². The number of aromatic nitrogens is 3. The second kappa shape index (κ2) is 12.7. The minimum atomic E-state index is -0.353. The number of nitrogens with one attached hydrogen (secondary N) is 2. The van der Waals surface area contributed by atoms with Crippen LogP contribution < -0.4 is 10.6 Å². The summed E-state index contributed by atoms with van der Waals surface area (Å²) in [5.74, 6) is 1.09. The third-order valence-corrected chi connectivity index (χ3v) is 4.94. The number of guanidine groups is 1. The van der Waals surface area contributed by atoms with Crippen LogP contribution in [0.15, 0.2) is 84.0 Å². The number of halogens is 1. The lowest BCUT2D eigenvalue weighted by Crippen LogP contribution is -2.37. The van der Waals surface area contributed by atoms with E-state index in [1.54, 1.807) is 6.07 Å². The first-order valence-corrected chi connectivity index (χ1v) is 10.8. The largest absolute Gasteiger partial charge is 0.457 e. The van der Waals surface area contributed by atoms with Crippen LogP contribution in [0.4, 0.5) is 0 Å². The smallest absolute Gasteiger partial charge is 0.338 e. The molecule has 4 rings (SSSR count). The van der Waals surface area contributed by atoms with Crippen LogP contribution in [0.2, 0.25) is 0 Å². The molecule has 0 fully saturated rings. The minimum Gasteiger partial charge on any atom is -0.457 e. The van der Waals surface area contributed by atoms with E-state index in [1.807, 2.05) is 84.3 Å². The van der Waals surface area contributed by atoms with Crippen LogP contribution in [0.25, 0.3) is 5.65 Å². The highest BCUT2D eigenvalue weighted by Gasteiger charge is 2.09. The maximum absolute atomic E-state index is 12.5. The van der Waals surface area contributed by atoms with E-state index in [4.69, 9.17) is 4.74 Å². The quantitative estimate of drug-likeness (QED) is 0.144. The van der Waals surface area contributed by atoms with E-state index < -0.39 is 0 Å². The second-order valence-electron chi connectivity index (χ2n) is 7.36. The highest BCUT2D eigenvalue weighted by atomic mass is 127. The van der Waals surface area contributed by atoms with Gasteiger partial charge in [0.25, 0.3) is 0 Å². The van der Waals surface area contributed by atoms with Crippen LogP contribution in [0, 0.1) is 0 Å². The van der Waals surface area contributed by atoms with Gasteiger partial charge in [0.2, 0.25) is 0 Å². The molecule has 0 radical (unpaired) electrons. The molecule has 4 aromatic rings. The molecular weight excluding hydrogens is 543 g/mol. The first-order chi connectivity index (χ1) is 16.2. The SMILES string of the molecule is CCNC(=NCc1cccc(C(=O)OCc2ccccc2)c1)NCc1nnc2ccccn12.I. The van der Waals surface area contributed by atoms with Gasteiger partial charge in [-0.2, -0.15) is 0 Å². The number of esters is 1. The maximum Gasteiger partial charge on any atom is 0.338 e. The van der Waals surface area contributed by atoms with Gasteiger partial charge in [0, 0.05) is 12.7 Å². The fourth-order valence-corrected chi connectivity index (χ4v) is 3.29. The van der Waals surface area contributed by atoms with Crippen molar-refractivity contribution in [1.29, 1.82) is 0 Å². The molecule has 0 unspecified atom stereocenters. The van der Waals surface area contributed by atoms with Gasteiger partial charge < -0.3 is 15.4 Å². The molecule has 0 amide bonds. The second-order valence-corrected chi connectivity index (χ2v) is 7.36. The monoisotopic (exact) mass is 570 g/mol. The van der Waals surface area contributed by atoms with Crippen molar-refractivity contribution in [3.63, 3.8) is 0 Å². The number of aliphatic imine (C=N–C) groups is 1. The molecule has 2 aromatic heterocycles. The van der Waals surface area contributed by atoms with Crippen molar-refractivity contribution in [1.82, 2.24) is 25.2 Å². The molecule has 2 N–H and O–H groups in total. The number of hydrogen-bond acceptors (Lipinski definition) is 5. The van der Waals surface area contributed by atoms with E-state index >= 15 is 0 Å². The lowest BCUT2D eigenvalue weighted by atomic mass is 10.1. The van der Waals surface area contributed by atoms with E-state index in [0.717, 1.165) is 29.1 Å². The summed E-state index contributed by atoms with van der Waals surface area (Å²) in [6.45, 7) is 3.86. The lowest BCUT2D eigenvalue weighted by Gasteiger charge is -2.11. The van der Waals surface area contributed by atoms with Crippen molar-refractivity contribution >= 4 is 41.6 Å². The van der Waals surface area contributed by atoms with Gasteiger partial charge in [-0.3, -0.25) is 4.40 Å². The Morgan fingerprint density at radius 1 is 0.971 bits per heavy atom. The zero-order chi connectivity index (χ0) is 22.9. The summed E-state index contributed by atoms with van der Waals surface area (Å²) in [6, 6.07) is 22.7. The van der Waals surface area contributed by atoms with Gasteiger partial charge in [-0.1, -0.05) is 48.5 Å². The molecule has 0 atom stereocenters. The molecule has 8 nitrogen and oxygen atoms in total. The number of rotatable bonds is 8. The molecule has 2 aromatic carbocycles. The Kier molecular flexibility index (Phi) is 9.39. The standard InChI is InChI=1S/C25H26N6O2.HI/c1-2-26-25(28-17-23-30-29-22-13-6-7-14-31(22)23)27-16-20-11-8-12-21(15-20)24(32)33-18-19-9-4-3-5-10-19;/h3-15H,2,16-18H2,1H3,(H2,26,27,28);1H. The Morgan fingerprint density at radius 2 is 1.76 bits per heavy atom. The fraction of sp³-hybridized carbons (Fsp3) is 0.200. The van der Waals surface area contributed by atoms with Crippen LogP contribution in [0.5, 0.6) is 0 Å². The predicted octanol–water partition coefficient (Wildman–Crippen LogP) is 3.96. The number of pyridine rings is 1. The average molecular weight is 570 g/mol. The summed E-state index contributed by atoms with van der Waals surface area (Å²) >= 11 is 0. The summed E-state index contributed by atoms with van der Waals surface area (Å²) < 4.78 is 7.37. The third kappa shape index (κ3) is 6.77. The summed E-state index contributed by atoms with van der Waals surface area (Å²) in [5, 5.41) is 14.9. The molecule has 9 heteroatoms. The number of hydrogen-bond donors (Lipinski definition) is 2. The summed E-state index contributed by atoms with van der Waals surface area (Å²) in [4.78, 5) is 17.1. The minimum absolute atomic E-state index is 0. The Bertz CT molecular complexity index is 1240. The zero-order valence-electron chi connectivity index (χ0n) is 18.8. The number of benzene rings is 2. The first-order valence-electron chi connectivity index (χ1n) is 10.8. The lowest BCUT2D eigenvalue weighted by molar-refractivity contribution is 0.0472.